The minimum atomic E-state index is -6.02. The molecule has 3 aromatic carbocycles. The second-order valence-electron chi connectivity index (χ2n) is 8.72. The molecule has 0 fully saturated rings. The van der Waals surface area contributed by atoms with Gasteiger partial charge in [-0.2, -0.15) is 26.3 Å². The van der Waals surface area contributed by atoms with Gasteiger partial charge in [0.1, 0.15) is 0 Å². The molecule has 2 heterocycles. The minimum Gasteiger partial charge on any atom is -0.277 e. The van der Waals surface area contributed by atoms with E-state index in [9.17, 15) is 45.5 Å². The minimum absolute atomic E-state index is 0.0871. The van der Waals surface area contributed by atoms with Gasteiger partial charge in [-0.25, -0.2) is 4.90 Å². The third kappa shape index (κ3) is 3.22. The van der Waals surface area contributed by atoms with Gasteiger partial charge >= 0.3 is 12.4 Å². The number of carbonyl (C=O) groups excluding carboxylic acids is 4. The molecule has 0 N–H and O–H groups in total. The summed E-state index contributed by atoms with van der Waals surface area (Å²) in [5, 5.41) is 0. The van der Waals surface area contributed by atoms with Crippen molar-refractivity contribution in [1.29, 1.82) is 0 Å². The molecule has 2 aliphatic rings. The molecule has 4 amide bonds. The molecule has 0 atom stereocenters. The smallest absolute Gasteiger partial charge is 0.277 e. The molecule has 0 bridgehead atoms. The fourth-order valence-corrected chi connectivity index (χ4v) is 4.86. The highest BCUT2D eigenvalue weighted by molar-refractivity contribution is 6.34. The largest absolute Gasteiger partial charge is 0.411 e. The zero-order valence-electron chi connectivity index (χ0n) is 19.1. The summed E-state index contributed by atoms with van der Waals surface area (Å²) in [6.07, 6.45) is -12.0. The van der Waals surface area contributed by atoms with Gasteiger partial charge in [-0.3, -0.25) is 24.1 Å². The lowest BCUT2D eigenvalue weighted by Gasteiger charge is -2.38. The van der Waals surface area contributed by atoms with Crippen molar-refractivity contribution in [3.05, 3.63) is 100 Å². The maximum absolute atomic E-state index is 14.7. The van der Waals surface area contributed by atoms with E-state index in [0.717, 1.165) is 19.2 Å². The average molecular weight is 532 g/mol. The summed E-state index contributed by atoms with van der Waals surface area (Å²) in [4.78, 5) is 51.7. The Bertz CT molecular complexity index is 1530. The van der Waals surface area contributed by atoms with Crippen molar-refractivity contribution in [3.8, 4) is 0 Å². The fraction of sp³-hybridized carbons (Fsp3) is 0.154. The number of carbonyl (C=O) groups is 4. The summed E-state index contributed by atoms with van der Waals surface area (Å²) >= 11 is 0. The summed E-state index contributed by atoms with van der Waals surface area (Å²) in [6, 6.07) is 10.6. The molecule has 194 valence electrons. The first-order chi connectivity index (χ1) is 17.7. The molecular weight excluding hydrogens is 518 g/mol. The number of hydrogen-bond acceptors (Lipinski definition) is 4. The zero-order valence-corrected chi connectivity index (χ0v) is 19.1. The number of halogens is 6. The number of anilines is 1. The van der Waals surface area contributed by atoms with Crippen LogP contribution in [0.2, 0.25) is 0 Å². The van der Waals surface area contributed by atoms with Gasteiger partial charge in [-0.1, -0.05) is 30.3 Å². The van der Waals surface area contributed by atoms with Gasteiger partial charge in [0.25, 0.3) is 23.6 Å². The van der Waals surface area contributed by atoms with Gasteiger partial charge < -0.3 is 0 Å². The number of amides is 4. The molecule has 0 saturated carbocycles. The molecule has 0 saturated heterocycles. The molecule has 0 aromatic heterocycles. The molecule has 0 aliphatic carbocycles. The van der Waals surface area contributed by atoms with Crippen LogP contribution in [0.3, 0.4) is 0 Å². The van der Waals surface area contributed by atoms with Crippen molar-refractivity contribution in [1.82, 2.24) is 4.90 Å². The van der Waals surface area contributed by atoms with E-state index < -0.39 is 63.7 Å². The van der Waals surface area contributed by atoms with E-state index in [1.54, 1.807) is 6.07 Å². The van der Waals surface area contributed by atoms with Crippen LogP contribution in [0.25, 0.3) is 0 Å². The molecule has 0 unspecified atom stereocenters. The first kappa shape index (κ1) is 25.2. The summed E-state index contributed by atoms with van der Waals surface area (Å²) in [5.41, 5.74) is -9.31. The van der Waals surface area contributed by atoms with E-state index in [1.807, 2.05) is 0 Å². The number of fused-ring (bicyclic) bond motifs is 2. The summed E-state index contributed by atoms with van der Waals surface area (Å²) in [6.45, 7) is 0. The van der Waals surface area contributed by atoms with Crippen molar-refractivity contribution < 1.29 is 45.5 Å². The third-order valence-corrected chi connectivity index (χ3v) is 6.71. The Labute approximate surface area is 210 Å². The molecule has 38 heavy (non-hydrogen) atoms. The Morgan fingerprint density at radius 1 is 0.553 bits per heavy atom. The SMILES string of the molecule is CN1C(=O)c2ccc(C(c3ccc4c(c3)C(=O)N(c3ccccc3)C4=O)(C(F)(F)F)C(F)(F)F)cc2C1=O. The maximum Gasteiger partial charge on any atom is 0.411 e. The second kappa shape index (κ2) is 8.01. The van der Waals surface area contributed by atoms with Gasteiger partial charge in [0.05, 0.1) is 27.9 Å². The van der Waals surface area contributed by atoms with Crippen LogP contribution >= 0.6 is 0 Å². The van der Waals surface area contributed by atoms with Crippen molar-refractivity contribution >= 4 is 29.3 Å². The van der Waals surface area contributed by atoms with E-state index >= 15 is 0 Å². The van der Waals surface area contributed by atoms with E-state index in [2.05, 4.69) is 0 Å². The van der Waals surface area contributed by atoms with Gasteiger partial charge in [-0.05, 0) is 47.5 Å². The first-order valence-electron chi connectivity index (χ1n) is 10.9. The molecule has 0 spiro atoms. The number of para-hydroxylation sites is 1. The fourth-order valence-electron chi connectivity index (χ4n) is 4.86. The Morgan fingerprint density at radius 3 is 1.47 bits per heavy atom. The third-order valence-electron chi connectivity index (χ3n) is 6.71. The predicted molar refractivity (Wildman–Crippen MR) is 120 cm³/mol. The number of imide groups is 2. The number of nitrogens with zero attached hydrogens (tertiary/aromatic N) is 2. The normalized spacial score (nSPS) is 15.9. The highest BCUT2D eigenvalue weighted by Gasteiger charge is 2.73. The van der Waals surface area contributed by atoms with Crippen LogP contribution in [0, 0.1) is 0 Å². The summed E-state index contributed by atoms with van der Waals surface area (Å²) in [7, 11) is 1.05. The summed E-state index contributed by atoms with van der Waals surface area (Å²) < 4.78 is 88.0. The zero-order chi connectivity index (χ0) is 27.8. The van der Waals surface area contributed by atoms with E-state index in [4.69, 9.17) is 0 Å². The Morgan fingerprint density at radius 2 is 0.974 bits per heavy atom. The molecule has 0 radical (unpaired) electrons. The maximum atomic E-state index is 14.7. The highest BCUT2D eigenvalue weighted by atomic mass is 19.4. The van der Waals surface area contributed by atoms with Crippen molar-refractivity contribution in [2.24, 2.45) is 0 Å². The molecule has 12 heteroatoms. The van der Waals surface area contributed by atoms with Crippen molar-refractivity contribution in [3.63, 3.8) is 0 Å². The average Bonchev–Trinajstić information content (AvgIpc) is 3.22. The topological polar surface area (TPSA) is 74.8 Å². The lowest BCUT2D eigenvalue weighted by Crippen LogP contribution is -2.55. The summed E-state index contributed by atoms with van der Waals surface area (Å²) in [5.74, 6) is -3.92. The lowest BCUT2D eigenvalue weighted by molar-refractivity contribution is -0.288. The van der Waals surface area contributed by atoms with Crippen LogP contribution in [0.5, 0.6) is 0 Å². The number of benzene rings is 3. The second-order valence-corrected chi connectivity index (χ2v) is 8.72. The van der Waals surface area contributed by atoms with E-state index in [-0.39, 0.29) is 16.8 Å². The Kier molecular flexibility index (Phi) is 5.31. The standard InChI is InChI=1S/C26H14F6N2O4/c1-33-20(35)16-9-7-13(11-18(16)21(33)36)24(25(27,28)29,26(30,31)32)14-8-10-17-19(12-14)23(38)34(22(17)37)15-5-3-2-4-6-15/h2-12H,1H3. The van der Waals surface area contributed by atoms with Gasteiger partial charge in [0, 0.05) is 7.05 Å². The van der Waals surface area contributed by atoms with Crippen LogP contribution in [0.15, 0.2) is 66.7 Å². The number of hydrogen-bond donors (Lipinski definition) is 0. The molecule has 5 rings (SSSR count). The Hall–Kier alpha value is -4.48. The number of rotatable bonds is 3. The predicted octanol–water partition coefficient (Wildman–Crippen LogP) is 5.12. The van der Waals surface area contributed by atoms with Crippen LogP contribution < -0.4 is 4.90 Å². The van der Waals surface area contributed by atoms with Crippen molar-refractivity contribution in [2.75, 3.05) is 11.9 Å². The molecular formula is C26H14F6N2O4. The van der Waals surface area contributed by atoms with Crippen LogP contribution in [-0.2, 0) is 5.41 Å². The van der Waals surface area contributed by atoms with Gasteiger partial charge in [-0.15, -0.1) is 0 Å². The van der Waals surface area contributed by atoms with E-state index in [0.29, 0.717) is 34.1 Å². The van der Waals surface area contributed by atoms with Crippen LogP contribution in [-0.4, -0.2) is 47.9 Å². The van der Waals surface area contributed by atoms with E-state index in [1.165, 1.54) is 24.3 Å². The van der Waals surface area contributed by atoms with Gasteiger partial charge in [0.15, 0.2) is 0 Å². The first-order valence-corrected chi connectivity index (χ1v) is 10.9. The van der Waals surface area contributed by atoms with Gasteiger partial charge in [0.2, 0.25) is 5.41 Å². The molecule has 2 aliphatic heterocycles. The quantitative estimate of drug-likeness (QED) is 0.347. The monoisotopic (exact) mass is 532 g/mol. The lowest BCUT2D eigenvalue weighted by atomic mass is 9.71. The molecule has 3 aromatic rings. The molecule has 6 nitrogen and oxygen atoms in total. The highest BCUT2D eigenvalue weighted by Crippen LogP contribution is 2.57. The van der Waals surface area contributed by atoms with Crippen LogP contribution in [0.1, 0.15) is 52.6 Å². The number of alkyl halides is 6. The van der Waals surface area contributed by atoms with Crippen LogP contribution in [0.4, 0.5) is 32.0 Å². The van der Waals surface area contributed by atoms with Crippen molar-refractivity contribution in [2.45, 2.75) is 17.8 Å². The Balaban J connectivity index is 1.75.